The van der Waals surface area contributed by atoms with Gasteiger partial charge in [-0.3, -0.25) is 5.43 Å². The molecule has 0 fully saturated rings. The summed E-state index contributed by atoms with van der Waals surface area (Å²) in [5.41, 5.74) is 8.27. The molecular weight excluding hydrogens is 264 g/mol. The first-order valence-corrected chi connectivity index (χ1v) is 7.00. The molecule has 0 aliphatic carbocycles. The molecule has 0 aromatic heterocycles. The molecule has 0 bridgehead atoms. The number of rotatable bonds is 6. The Balaban J connectivity index is 2.07. The first-order valence-electron chi connectivity index (χ1n) is 7.00. The van der Waals surface area contributed by atoms with Gasteiger partial charge in [0.05, 0.1) is 5.71 Å². The van der Waals surface area contributed by atoms with Crippen LogP contribution in [0.4, 0.5) is 0 Å². The van der Waals surface area contributed by atoms with Gasteiger partial charge in [-0.2, -0.15) is 5.10 Å². The van der Waals surface area contributed by atoms with Gasteiger partial charge in [0.25, 0.3) is 0 Å². The van der Waals surface area contributed by atoms with Crippen LogP contribution in [0.25, 0.3) is 0 Å². The fourth-order valence-corrected chi connectivity index (χ4v) is 2.29. The maximum Gasteiger partial charge on any atom is 0.157 e. The van der Waals surface area contributed by atoms with Crippen LogP contribution in [-0.2, 0) is 15.9 Å². The van der Waals surface area contributed by atoms with E-state index in [-0.39, 0.29) is 6.29 Å². The molecule has 1 aliphatic heterocycles. The summed E-state index contributed by atoms with van der Waals surface area (Å²) in [4.78, 5) is 0. The Morgan fingerprint density at radius 3 is 2.57 bits per heavy atom. The highest BCUT2D eigenvalue weighted by Gasteiger charge is 2.09. The molecule has 1 heterocycles. The monoisotopic (exact) mass is 286 g/mol. The first kappa shape index (κ1) is 15.5. The van der Waals surface area contributed by atoms with Crippen LogP contribution in [0.5, 0.6) is 0 Å². The fourth-order valence-electron chi connectivity index (χ4n) is 2.29. The maximum atomic E-state index is 5.22. The summed E-state index contributed by atoms with van der Waals surface area (Å²) in [6.07, 6.45) is 5.52. The van der Waals surface area contributed by atoms with Crippen molar-refractivity contribution in [3.05, 3.63) is 59.3 Å². The van der Waals surface area contributed by atoms with Crippen molar-refractivity contribution in [3.8, 4) is 0 Å². The quantitative estimate of drug-likeness (QED) is 0.818. The lowest BCUT2D eigenvalue weighted by atomic mass is 9.98. The number of aryl methyl sites for hydroxylation is 2. The van der Waals surface area contributed by atoms with E-state index in [0.717, 1.165) is 29.8 Å². The van der Waals surface area contributed by atoms with Gasteiger partial charge < -0.3 is 9.47 Å². The predicted molar refractivity (Wildman–Crippen MR) is 85.3 cm³/mol. The van der Waals surface area contributed by atoms with Crippen LogP contribution < -0.4 is 5.43 Å². The molecule has 21 heavy (non-hydrogen) atoms. The molecule has 4 heteroatoms. The summed E-state index contributed by atoms with van der Waals surface area (Å²) in [6.45, 7) is 5.92. The van der Waals surface area contributed by atoms with Gasteiger partial charge in [-0.1, -0.05) is 18.7 Å². The van der Waals surface area contributed by atoms with Gasteiger partial charge in [0.15, 0.2) is 6.29 Å². The third kappa shape index (κ3) is 4.03. The Hall–Kier alpha value is -1.91. The summed E-state index contributed by atoms with van der Waals surface area (Å²) in [5, 5.41) is 4.29. The Labute approximate surface area is 126 Å². The van der Waals surface area contributed by atoms with Crippen molar-refractivity contribution in [2.75, 3.05) is 14.2 Å². The zero-order valence-corrected chi connectivity index (χ0v) is 12.8. The second-order valence-electron chi connectivity index (χ2n) is 5.05. The Morgan fingerprint density at radius 1 is 1.24 bits per heavy atom. The number of benzene rings is 1. The summed E-state index contributed by atoms with van der Waals surface area (Å²) < 4.78 is 10.4. The molecule has 1 aromatic carbocycles. The highest BCUT2D eigenvalue weighted by Crippen LogP contribution is 2.17. The van der Waals surface area contributed by atoms with Crippen molar-refractivity contribution in [1.29, 1.82) is 0 Å². The van der Waals surface area contributed by atoms with Crippen molar-refractivity contribution in [1.82, 2.24) is 5.43 Å². The van der Waals surface area contributed by atoms with Crippen molar-refractivity contribution < 1.29 is 9.47 Å². The van der Waals surface area contributed by atoms with E-state index in [9.17, 15) is 0 Å². The molecule has 0 atom stereocenters. The lowest BCUT2D eigenvalue weighted by molar-refractivity contribution is -0.105. The van der Waals surface area contributed by atoms with E-state index in [1.165, 1.54) is 11.1 Å². The van der Waals surface area contributed by atoms with Crippen molar-refractivity contribution in [2.24, 2.45) is 5.10 Å². The number of nitrogens with zero attached hydrogens (tertiary/aromatic N) is 1. The van der Waals surface area contributed by atoms with Crippen LogP contribution in [0.2, 0.25) is 0 Å². The molecular formula is C17H22N2O2. The molecule has 0 spiro atoms. The lowest BCUT2D eigenvalue weighted by Crippen LogP contribution is -2.14. The number of nitrogens with one attached hydrogen (secondary N) is 1. The van der Waals surface area contributed by atoms with E-state index in [1.807, 2.05) is 12.2 Å². The Kier molecular flexibility index (Phi) is 5.31. The van der Waals surface area contributed by atoms with Gasteiger partial charge in [0.2, 0.25) is 0 Å². The van der Waals surface area contributed by atoms with Crippen molar-refractivity contribution in [2.45, 2.75) is 26.1 Å². The second kappa shape index (κ2) is 7.20. The van der Waals surface area contributed by atoms with Gasteiger partial charge in [-0.15, -0.1) is 0 Å². The molecule has 2 rings (SSSR count). The molecule has 0 unspecified atom stereocenters. The molecule has 0 saturated carbocycles. The molecule has 112 valence electrons. The Bertz CT molecular complexity index is 572. The minimum absolute atomic E-state index is 0.148. The highest BCUT2D eigenvalue weighted by molar-refractivity contribution is 6.09. The normalized spacial score (nSPS) is 14.3. The first-order chi connectivity index (χ1) is 10.1. The van der Waals surface area contributed by atoms with E-state index in [1.54, 1.807) is 14.2 Å². The summed E-state index contributed by atoms with van der Waals surface area (Å²) in [7, 11) is 3.33. The number of hydrogen-bond acceptors (Lipinski definition) is 4. The van der Waals surface area contributed by atoms with Gasteiger partial charge in [0, 0.05) is 31.9 Å². The number of hydrazone groups is 1. The van der Waals surface area contributed by atoms with Crippen LogP contribution in [0.1, 0.15) is 23.1 Å². The van der Waals surface area contributed by atoms with E-state index in [4.69, 9.17) is 9.47 Å². The zero-order chi connectivity index (χ0) is 15.2. The summed E-state index contributed by atoms with van der Waals surface area (Å²) >= 11 is 0. The minimum atomic E-state index is -0.148. The van der Waals surface area contributed by atoms with Crippen molar-refractivity contribution in [3.63, 3.8) is 0 Å². The van der Waals surface area contributed by atoms with Crippen molar-refractivity contribution >= 4 is 5.71 Å². The largest absolute Gasteiger partial charge is 0.356 e. The molecule has 0 radical (unpaired) electrons. The smallest absolute Gasteiger partial charge is 0.157 e. The SMILES string of the molecule is C=C1C=CC(c2ccc(CCC(OC)OC)c(C)c2)=NN1. The van der Waals surface area contributed by atoms with Gasteiger partial charge in [-0.05, 0) is 42.7 Å². The fraction of sp³-hybridized carbons (Fsp3) is 0.353. The minimum Gasteiger partial charge on any atom is -0.356 e. The van der Waals surface area contributed by atoms with Crippen LogP contribution in [0.15, 0.2) is 47.7 Å². The number of allylic oxidation sites excluding steroid dienone is 2. The average Bonchev–Trinajstić information content (AvgIpc) is 2.50. The van der Waals surface area contributed by atoms with Gasteiger partial charge >= 0.3 is 0 Å². The number of hydrogen-bond donors (Lipinski definition) is 1. The van der Waals surface area contributed by atoms with Crippen LogP contribution >= 0.6 is 0 Å². The van der Waals surface area contributed by atoms with Crippen LogP contribution in [0.3, 0.4) is 0 Å². The average molecular weight is 286 g/mol. The summed E-state index contributed by atoms with van der Waals surface area (Å²) in [5.74, 6) is 0. The number of ether oxygens (including phenoxy) is 2. The molecule has 1 aliphatic rings. The molecule has 0 saturated heterocycles. The van der Waals surface area contributed by atoms with Crippen LogP contribution in [-0.4, -0.2) is 26.2 Å². The Morgan fingerprint density at radius 2 is 2.00 bits per heavy atom. The van der Waals surface area contributed by atoms with Gasteiger partial charge in [-0.25, -0.2) is 0 Å². The second-order valence-corrected chi connectivity index (χ2v) is 5.05. The van der Waals surface area contributed by atoms with Crippen LogP contribution in [0, 0.1) is 6.92 Å². The lowest BCUT2D eigenvalue weighted by Gasteiger charge is -2.15. The van der Waals surface area contributed by atoms with E-state index in [2.05, 4.69) is 42.2 Å². The zero-order valence-electron chi connectivity index (χ0n) is 12.8. The van der Waals surface area contributed by atoms with E-state index in [0.29, 0.717) is 0 Å². The van der Waals surface area contributed by atoms with Gasteiger partial charge in [0.1, 0.15) is 0 Å². The highest BCUT2D eigenvalue weighted by atomic mass is 16.7. The maximum absolute atomic E-state index is 5.22. The third-order valence-corrected chi connectivity index (χ3v) is 3.58. The molecule has 1 N–H and O–H groups in total. The van der Waals surface area contributed by atoms with E-state index >= 15 is 0 Å². The molecule has 4 nitrogen and oxygen atoms in total. The molecule has 0 amide bonds. The van der Waals surface area contributed by atoms with E-state index < -0.39 is 0 Å². The topological polar surface area (TPSA) is 42.9 Å². The number of methoxy groups -OCH3 is 2. The predicted octanol–water partition coefficient (Wildman–Crippen LogP) is 2.92. The molecule has 1 aromatic rings. The standard InChI is InChI=1S/C17H22N2O2/c1-12-11-15(16-9-5-13(2)18-19-16)7-6-14(12)8-10-17(20-3)21-4/h5-7,9,11,17-18H,2,8,10H2,1,3-4H3. The third-order valence-electron chi connectivity index (χ3n) is 3.58. The summed E-state index contributed by atoms with van der Waals surface area (Å²) in [6, 6.07) is 6.39.